The second-order valence-corrected chi connectivity index (χ2v) is 21.9. The zero-order valence-electron chi connectivity index (χ0n) is 42.8. The molecule has 0 saturated heterocycles. The van der Waals surface area contributed by atoms with E-state index in [1.165, 1.54) is 153 Å². The van der Waals surface area contributed by atoms with Gasteiger partial charge in [0.05, 0.1) is 0 Å². The first kappa shape index (κ1) is 44.2. The van der Waals surface area contributed by atoms with Crippen molar-refractivity contribution in [1.29, 1.82) is 0 Å². The molecule has 0 fully saturated rings. The van der Waals surface area contributed by atoms with Crippen molar-refractivity contribution in [1.82, 2.24) is 0 Å². The summed E-state index contributed by atoms with van der Waals surface area (Å²) >= 11 is 0. The van der Waals surface area contributed by atoms with Crippen molar-refractivity contribution in [2.45, 2.75) is 79.1 Å². The fourth-order valence-corrected chi connectivity index (χ4v) is 12.8. The van der Waals surface area contributed by atoms with Crippen LogP contribution in [-0.2, 0) is 0 Å². The van der Waals surface area contributed by atoms with Crippen LogP contribution in [0, 0.1) is 0 Å². The third-order valence-corrected chi connectivity index (χ3v) is 16.2. The molecule has 0 aromatic heterocycles. The molecule has 72 heavy (non-hydrogen) atoms. The van der Waals surface area contributed by atoms with Gasteiger partial charge in [-0.25, -0.2) is 0 Å². The number of fused-ring (bicyclic) bond motifs is 6. The first-order chi connectivity index (χ1) is 35.0. The number of rotatable bonds is 8. The van der Waals surface area contributed by atoms with E-state index in [0.29, 0.717) is 23.7 Å². The Morgan fingerprint density at radius 2 is 0.431 bits per heavy atom. The van der Waals surface area contributed by atoms with Crippen LogP contribution in [0.1, 0.15) is 101 Å². The van der Waals surface area contributed by atoms with Crippen LogP contribution in [0.2, 0.25) is 0 Å². The zero-order valence-corrected chi connectivity index (χ0v) is 42.8. The van der Waals surface area contributed by atoms with Gasteiger partial charge >= 0.3 is 0 Å². The van der Waals surface area contributed by atoms with Crippen LogP contribution in [0.5, 0.6) is 0 Å². The van der Waals surface area contributed by atoms with Crippen LogP contribution in [0.3, 0.4) is 0 Å². The first-order valence-corrected chi connectivity index (χ1v) is 26.3. The monoisotopic (exact) mass is 924 g/mol. The van der Waals surface area contributed by atoms with Crippen LogP contribution in [0.4, 0.5) is 0 Å². The van der Waals surface area contributed by atoms with E-state index in [1.807, 2.05) is 0 Å². The highest BCUT2D eigenvalue weighted by Crippen LogP contribution is 2.51. The number of hydrogen-bond acceptors (Lipinski definition) is 0. The molecule has 13 aromatic rings. The molecule has 0 radical (unpaired) electrons. The van der Waals surface area contributed by atoms with Gasteiger partial charge in [0.2, 0.25) is 0 Å². The maximum absolute atomic E-state index is 2.57. The molecule has 0 unspecified atom stereocenters. The SMILES string of the molecule is CC(C)c1ccc2ccccc2c1-c1cc2cc(-c3c(C(C)C)ccc4ccccc34)cc3c4cc(-c5c(C(C)C)ccc6ccccc56)cc5cc(-c6c(C(C)C)ccc7ccccc67)cc(c(c1)c23)c54. The summed E-state index contributed by atoms with van der Waals surface area (Å²) in [5, 5.41) is 20.7. The molecule has 0 aliphatic heterocycles. The molecule has 0 bridgehead atoms. The summed E-state index contributed by atoms with van der Waals surface area (Å²) in [4.78, 5) is 0. The lowest BCUT2D eigenvalue weighted by Gasteiger charge is -2.24. The Morgan fingerprint density at radius 1 is 0.208 bits per heavy atom. The molecule has 0 amide bonds. The largest absolute Gasteiger partial charge is 0.0616 e. The highest BCUT2D eigenvalue weighted by Gasteiger charge is 2.24. The van der Waals surface area contributed by atoms with E-state index < -0.39 is 0 Å². The molecule has 0 N–H and O–H groups in total. The molecule has 0 saturated carbocycles. The van der Waals surface area contributed by atoms with Crippen molar-refractivity contribution in [3.05, 3.63) is 216 Å². The van der Waals surface area contributed by atoms with Crippen LogP contribution in [0.25, 0.3) is 131 Å². The standard InChI is InChI=1S/C72H60/c1-41(2)55-29-25-45-17-9-13-21-59(45)67(55)51-33-49-34-52(68-56(42(3)4)30-26-46-18-10-14-22-60(46)68)39-65-66-40-54(70-58(44(7)8)32-28-48-20-12-16-24-62(48)70)36-50-35-53(38-64(72(50)66)63(37-51)71(49)65)69-57(43(5)6)31-27-47-19-11-15-23-61(47)69/h9-44H,1-8H3. The van der Waals surface area contributed by atoms with Gasteiger partial charge in [0, 0.05) is 0 Å². The first-order valence-electron chi connectivity index (χ1n) is 26.3. The fourth-order valence-electron chi connectivity index (χ4n) is 12.8. The highest BCUT2D eigenvalue weighted by atomic mass is 14.3. The summed E-state index contributed by atoms with van der Waals surface area (Å²) in [5.41, 5.74) is 15.9. The van der Waals surface area contributed by atoms with Gasteiger partial charge in [0.25, 0.3) is 0 Å². The molecule has 0 atom stereocenters. The van der Waals surface area contributed by atoms with Gasteiger partial charge in [0.15, 0.2) is 0 Å². The Labute approximate surface area is 423 Å². The van der Waals surface area contributed by atoms with E-state index in [9.17, 15) is 0 Å². The molecule has 0 heterocycles. The minimum absolute atomic E-state index is 0.336. The molecular weight excluding hydrogens is 865 g/mol. The third kappa shape index (κ3) is 6.87. The normalized spacial score (nSPS) is 12.4. The molecule has 13 rings (SSSR count). The van der Waals surface area contributed by atoms with Gasteiger partial charge in [-0.05, 0) is 225 Å². The van der Waals surface area contributed by atoms with Crippen molar-refractivity contribution in [3.8, 4) is 44.5 Å². The van der Waals surface area contributed by atoms with Crippen LogP contribution in [-0.4, -0.2) is 0 Å². The van der Waals surface area contributed by atoms with Crippen molar-refractivity contribution in [2.75, 3.05) is 0 Å². The molecule has 13 aromatic carbocycles. The highest BCUT2D eigenvalue weighted by molar-refractivity contribution is 6.35. The lowest BCUT2D eigenvalue weighted by atomic mass is 9.80. The zero-order chi connectivity index (χ0) is 49.1. The lowest BCUT2D eigenvalue weighted by molar-refractivity contribution is 0.871. The lowest BCUT2D eigenvalue weighted by Crippen LogP contribution is -1.98. The summed E-state index contributed by atoms with van der Waals surface area (Å²) in [5.74, 6) is 1.34. The third-order valence-electron chi connectivity index (χ3n) is 16.2. The topological polar surface area (TPSA) is 0 Å². The van der Waals surface area contributed by atoms with Crippen LogP contribution < -0.4 is 0 Å². The molecule has 348 valence electrons. The van der Waals surface area contributed by atoms with E-state index in [1.54, 1.807) is 0 Å². The van der Waals surface area contributed by atoms with E-state index in [4.69, 9.17) is 0 Å². The number of hydrogen-bond donors (Lipinski definition) is 0. The molecule has 0 nitrogen and oxygen atoms in total. The van der Waals surface area contributed by atoms with Gasteiger partial charge in [-0.1, -0.05) is 201 Å². The van der Waals surface area contributed by atoms with Crippen molar-refractivity contribution < 1.29 is 0 Å². The fraction of sp³-hybridized carbons (Fsp3) is 0.167. The maximum atomic E-state index is 2.57. The smallest absolute Gasteiger partial charge is 0.00255 e. The molecule has 0 aliphatic carbocycles. The Kier molecular flexibility index (Phi) is 10.4. The van der Waals surface area contributed by atoms with Crippen molar-refractivity contribution >= 4 is 86.2 Å². The minimum Gasteiger partial charge on any atom is -0.0616 e. The minimum atomic E-state index is 0.336. The van der Waals surface area contributed by atoms with Gasteiger partial charge in [-0.15, -0.1) is 0 Å². The summed E-state index contributed by atoms with van der Waals surface area (Å²) in [6.45, 7) is 18.8. The summed E-state index contributed by atoms with van der Waals surface area (Å²) in [7, 11) is 0. The van der Waals surface area contributed by atoms with E-state index in [2.05, 4.69) is 250 Å². The Bertz CT molecular complexity index is 3780. The molecular formula is C72H60. The second-order valence-electron chi connectivity index (χ2n) is 21.9. The average molecular weight is 925 g/mol. The maximum Gasteiger partial charge on any atom is -0.00255 e. The predicted octanol–water partition coefficient (Wildman–Crippen LogP) is 21.5. The van der Waals surface area contributed by atoms with Gasteiger partial charge < -0.3 is 0 Å². The molecule has 0 aliphatic rings. The van der Waals surface area contributed by atoms with E-state index >= 15 is 0 Å². The van der Waals surface area contributed by atoms with Crippen LogP contribution >= 0.6 is 0 Å². The summed E-state index contributed by atoms with van der Waals surface area (Å²) in [6, 6.07) is 75.2. The second kappa shape index (κ2) is 16.9. The van der Waals surface area contributed by atoms with E-state index in [0.717, 1.165) is 0 Å². The predicted molar refractivity (Wildman–Crippen MR) is 316 cm³/mol. The van der Waals surface area contributed by atoms with Gasteiger partial charge in [-0.3, -0.25) is 0 Å². The Hall–Kier alpha value is -7.80. The van der Waals surface area contributed by atoms with Gasteiger partial charge in [0.1, 0.15) is 0 Å². The Balaban J connectivity index is 1.27. The van der Waals surface area contributed by atoms with Crippen molar-refractivity contribution in [3.63, 3.8) is 0 Å². The molecule has 0 spiro atoms. The number of benzene rings is 13. The summed E-state index contributed by atoms with van der Waals surface area (Å²) in [6.07, 6.45) is 0. The van der Waals surface area contributed by atoms with Crippen molar-refractivity contribution in [2.24, 2.45) is 0 Å². The molecule has 0 heteroatoms. The van der Waals surface area contributed by atoms with E-state index in [-0.39, 0.29) is 0 Å². The average Bonchev–Trinajstić information content (AvgIpc) is 3.39. The Morgan fingerprint density at radius 3 is 0.653 bits per heavy atom. The summed E-state index contributed by atoms with van der Waals surface area (Å²) < 4.78 is 0. The van der Waals surface area contributed by atoms with Gasteiger partial charge in [-0.2, -0.15) is 0 Å². The quantitative estimate of drug-likeness (QED) is 0.105. The van der Waals surface area contributed by atoms with Crippen LogP contribution in [0.15, 0.2) is 194 Å².